The second kappa shape index (κ2) is 53.1. The van der Waals surface area contributed by atoms with Gasteiger partial charge >= 0.3 is 0 Å². The fraction of sp³-hybridized carbons (Fsp3) is 0.644. The third-order valence-corrected chi connectivity index (χ3v) is 11.2. The second-order valence-electron chi connectivity index (χ2n) is 17.2. The first-order valence-electron chi connectivity index (χ1n) is 26.2. The molecular formula is C59H99NO3. The average molecular weight is 870 g/mol. The van der Waals surface area contributed by atoms with Crippen molar-refractivity contribution in [2.24, 2.45) is 0 Å². The lowest BCUT2D eigenvalue weighted by atomic mass is 10.0. The highest BCUT2D eigenvalue weighted by Crippen LogP contribution is 2.15. The van der Waals surface area contributed by atoms with Crippen LogP contribution < -0.4 is 5.32 Å². The van der Waals surface area contributed by atoms with Crippen LogP contribution in [0, 0.1) is 0 Å². The van der Waals surface area contributed by atoms with E-state index in [1.54, 1.807) is 6.08 Å². The molecule has 0 fully saturated rings. The van der Waals surface area contributed by atoms with Crippen LogP contribution in [0.15, 0.2) is 122 Å². The van der Waals surface area contributed by atoms with Gasteiger partial charge in [0.15, 0.2) is 0 Å². The maximum Gasteiger partial charge on any atom is 0.220 e. The lowest BCUT2D eigenvalue weighted by Crippen LogP contribution is -2.45. The number of rotatable bonds is 46. The third-order valence-electron chi connectivity index (χ3n) is 11.2. The van der Waals surface area contributed by atoms with E-state index in [-0.39, 0.29) is 12.5 Å². The fourth-order valence-corrected chi connectivity index (χ4v) is 7.20. The smallest absolute Gasteiger partial charge is 0.220 e. The summed E-state index contributed by atoms with van der Waals surface area (Å²) in [6, 6.07) is -0.686. The van der Waals surface area contributed by atoms with Crippen molar-refractivity contribution in [2.45, 2.75) is 238 Å². The van der Waals surface area contributed by atoms with Crippen LogP contribution in [0.25, 0.3) is 0 Å². The molecular weight excluding hydrogens is 771 g/mol. The number of hydrogen-bond acceptors (Lipinski definition) is 3. The molecule has 358 valence electrons. The van der Waals surface area contributed by atoms with Crippen LogP contribution in [0.2, 0.25) is 0 Å². The highest BCUT2D eigenvalue weighted by molar-refractivity contribution is 5.76. The molecule has 0 aliphatic heterocycles. The Morgan fingerprint density at radius 3 is 1.11 bits per heavy atom. The number of amides is 1. The van der Waals surface area contributed by atoms with Gasteiger partial charge in [-0.25, -0.2) is 0 Å². The van der Waals surface area contributed by atoms with Crippen LogP contribution in [0.3, 0.4) is 0 Å². The van der Waals surface area contributed by atoms with Crippen molar-refractivity contribution < 1.29 is 15.0 Å². The van der Waals surface area contributed by atoms with Crippen molar-refractivity contribution in [3.05, 3.63) is 122 Å². The molecule has 0 rings (SSSR count). The van der Waals surface area contributed by atoms with Gasteiger partial charge in [-0.15, -0.1) is 0 Å². The van der Waals surface area contributed by atoms with Gasteiger partial charge in [-0.1, -0.05) is 245 Å². The molecule has 0 aromatic rings. The zero-order chi connectivity index (χ0) is 45.6. The fourth-order valence-electron chi connectivity index (χ4n) is 7.20. The summed E-state index contributed by atoms with van der Waals surface area (Å²) in [7, 11) is 0. The minimum atomic E-state index is -0.904. The van der Waals surface area contributed by atoms with Gasteiger partial charge in [0, 0.05) is 6.42 Å². The largest absolute Gasteiger partial charge is 0.394 e. The lowest BCUT2D eigenvalue weighted by Gasteiger charge is -2.19. The van der Waals surface area contributed by atoms with Gasteiger partial charge in [-0.2, -0.15) is 0 Å². The summed E-state index contributed by atoms with van der Waals surface area (Å²) in [6.45, 7) is 4.16. The standard InChI is InChI=1S/C59H99NO3/c1-3-5-7-9-11-13-15-17-19-21-23-25-27-28-29-30-31-33-34-36-38-40-42-44-46-48-50-52-54-58(62)57(56-61)60-59(63)55-53-51-49-47-45-43-41-39-37-35-32-26-24-22-20-18-16-14-12-10-8-6-4-2/h6,8,12,14,18,20,24,26,35-38,41,43-44,46-47,49,52,54,57-58,61-62H,3-5,7,9-11,13,15-17,19,21-23,25,27-34,39-40,42,45,48,50-51,53,55-56H2,1-2H3,(H,60,63)/b8-6-,14-12-,20-18-,26-24-,37-35-,38-36+,43-41-,46-44+,49-47-,54-52+. The van der Waals surface area contributed by atoms with Crippen molar-refractivity contribution in [1.29, 1.82) is 0 Å². The molecule has 1 amide bonds. The summed E-state index contributed by atoms with van der Waals surface area (Å²) in [5.41, 5.74) is 0. The van der Waals surface area contributed by atoms with Gasteiger partial charge in [-0.3, -0.25) is 4.79 Å². The Morgan fingerprint density at radius 1 is 0.397 bits per heavy atom. The quantitative estimate of drug-likeness (QED) is 0.0422. The van der Waals surface area contributed by atoms with Crippen molar-refractivity contribution in [3.8, 4) is 0 Å². The van der Waals surface area contributed by atoms with E-state index < -0.39 is 12.1 Å². The van der Waals surface area contributed by atoms with Crippen LogP contribution in [-0.2, 0) is 4.79 Å². The topological polar surface area (TPSA) is 69.6 Å². The molecule has 0 radical (unpaired) electrons. The monoisotopic (exact) mass is 870 g/mol. The van der Waals surface area contributed by atoms with Gasteiger partial charge in [0.25, 0.3) is 0 Å². The molecule has 0 saturated carbocycles. The lowest BCUT2D eigenvalue weighted by molar-refractivity contribution is -0.122. The van der Waals surface area contributed by atoms with Crippen LogP contribution >= 0.6 is 0 Å². The summed E-state index contributed by atoms with van der Waals surface area (Å²) >= 11 is 0. The Kier molecular flexibility index (Phi) is 50.4. The SMILES string of the molecule is CC/C=C\C/C=C\C/C=C\C/C=C\C/C=C\C/C=C\C/C=C\CCCC(=O)NC(CO)C(O)/C=C/CC/C=C/CC/C=C/CCCCCCCCCCCCCCCCCCCC. The molecule has 4 heteroatoms. The first-order valence-corrected chi connectivity index (χ1v) is 26.2. The molecule has 0 bridgehead atoms. The van der Waals surface area contributed by atoms with Gasteiger partial charge in [0.1, 0.15) is 0 Å². The predicted molar refractivity (Wildman–Crippen MR) is 280 cm³/mol. The number of carbonyl (C=O) groups is 1. The predicted octanol–water partition coefficient (Wildman–Crippen LogP) is 17.3. The molecule has 2 unspecified atom stereocenters. The molecule has 3 N–H and O–H groups in total. The third kappa shape index (κ3) is 49.7. The van der Waals surface area contributed by atoms with E-state index in [1.807, 2.05) is 6.08 Å². The van der Waals surface area contributed by atoms with Gasteiger partial charge < -0.3 is 15.5 Å². The average Bonchev–Trinajstić information content (AvgIpc) is 3.29. The first-order chi connectivity index (χ1) is 31.2. The van der Waals surface area contributed by atoms with Crippen molar-refractivity contribution in [1.82, 2.24) is 5.32 Å². The van der Waals surface area contributed by atoms with Crippen LogP contribution in [0.4, 0.5) is 0 Å². The molecule has 0 spiro atoms. The zero-order valence-electron chi connectivity index (χ0n) is 41.0. The molecule has 0 aromatic carbocycles. The van der Waals surface area contributed by atoms with E-state index in [4.69, 9.17) is 0 Å². The summed E-state index contributed by atoms with van der Waals surface area (Å²) < 4.78 is 0. The minimum absolute atomic E-state index is 0.140. The van der Waals surface area contributed by atoms with Crippen LogP contribution in [0.5, 0.6) is 0 Å². The molecule has 0 aliphatic carbocycles. The molecule has 0 saturated heterocycles. The molecule has 0 heterocycles. The minimum Gasteiger partial charge on any atom is -0.394 e. The van der Waals surface area contributed by atoms with Crippen LogP contribution in [-0.4, -0.2) is 34.9 Å². The van der Waals surface area contributed by atoms with Crippen molar-refractivity contribution in [3.63, 3.8) is 0 Å². The van der Waals surface area contributed by atoms with E-state index in [0.29, 0.717) is 6.42 Å². The number of aliphatic hydroxyl groups excluding tert-OH is 2. The Bertz CT molecular complexity index is 1260. The van der Waals surface area contributed by atoms with Crippen LogP contribution in [0.1, 0.15) is 226 Å². The maximum absolute atomic E-state index is 12.4. The number of aliphatic hydroxyl groups is 2. The van der Waals surface area contributed by atoms with E-state index in [0.717, 1.165) is 83.5 Å². The summed E-state index contributed by atoms with van der Waals surface area (Å²) in [5.74, 6) is -0.140. The number of unbranched alkanes of at least 4 members (excludes halogenated alkanes) is 21. The maximum atomic E-state index is 12.4. The molecule has 0 aromatic heterocycles. The van der Waals surface area contributed by atoms with E-state index in [9.17, 15) is 15.0 Å². The van der Waals surface area contributed by atoms with Gasteiger partial charge in [0.05, 0.1) is 18.8 Å². The zero-order valence-corrected chi connectivity index (χ0v) is 41.0. The molecule has 2 atom stereocenters. The van der Waals surface area contributed by atoms with Gasteiger partial charge in [0.2, 0.25) is 5.91 Å². The summed E-state index contributed by atoms with van der Waals surface area (Å²) in [5, 5.41) is 23.0. The highest BCUT2D eigenvalue weighted by atomic mass is 16.3. The Hall–Kier alpha value is -3.21. The Balaban J connectivity index is 3.72. The van der Waals surface area contributed by atoms with Gasteiger partial charge in [-0.05, 0) is 96.3 Å². The highest BCUT2D eigenvalue weighted by Gasteiger charge is 2.17. The number of carbonyl (C=O) groups excluding carboxylic acids is 1. The molecule has 0 aliphatic rings. The summed E-state index contributed by atoms with van der Waals surface area (Å²) in [4.78, 5) is 12.4. The Morgan fingerprint density at radius 2 is 0.714 bits per heavy atom. The molecule has 4 nitrogen and oxygen atoms in total. The first kappa shape index (κ1) is 59.8. The van der Waals surface area contributed by atoms with E-state index >= 15 is 0 Å². The number of nitrogens with one attached hydrogen (secondary N) is 1. The molecule has 63 heavy (non-hydrogen) atoms. The second-order valence-corrected chi connectivity index (χ2v) is 17.2. The van der Waals surface area contributed by atoms with Crippen molar-refractivity contribution >= 4 is 5.91 Å². The Labute approximate surface area is 390 Å². The summed E-state index contributed by atoms with van der Waals surface area (Å²) in [6.07, 6.45) is 82.1. The number of allylic oxidation sites excluding steroid dienone is 19. The number of hydrogen-bond donors (Lipinski definition) is 3. The van der Waals surface area contributed by atoms with Crippen molar-refractivity contribution in [2.75, 3.05) is 6.61 Å². The van der Waals surface area contributed by atoms with E-state index in [1.165, 1.54) is 122 Å². The van der Waals surface area contributed by atoms with E-state index in [2.05, 4.69) is 129 Å². The normalized spacial score (nSPS) is 13.9.